The third kappa shape index (κ3) is 4.74. The van der Waals surface area contributed by atoms with Gasteiger partial charge in [0.1, 0.15) is 5.82 Å². The van der Waals surface area contributed by atoms with E-state index in [4.69, 9.17) is 11.6 Å². The van der Waals surface area contributed by atoms with Crippen LogP contribution in [-0.2, 0) is 0 Å². The van der Waals surface area contributed by atoms with Crippen molar-refractivity contribution in [3.05, 3.63) is 34.6 Å². The number of benzene rings is 1. The minimum Gasteiger partial charge on any atom is -0.314 e. The van der Waals surface area contributed by atoms with E-state index in [1.807, 2.05) is 0 Å². The van der Waals surface area contributed by atoms with Crippen LogP contribution < -0.4 is 5.32 Å². The van der Waals surface area contributed by atoms with Gasteiger partial charge in [0.2, 0.25) is 0 Å². The van der Waals surface area contributed by atoms with Gasteiger partial charge in [-0.05, 0) is 18.6 Å². The van der Waals surface area contributed by atoms with E-state index in [1.165, 1.54) is 6.07 Å². The largest absolute Gasteiger partial charge is 0.314 e. The Morgan fingerprint density at radius 3 is 2.50 bits per heavy atom. The standard InChI is InChI=1S/C14H20ClFN2.2ClH/c1-2-4-13(18-9-7-17-8-10-18)14-11(15)5-3-6-12(14)16;;/h3,5-6,13,17H,2,4,7-10H2,1H3;2*1H/t13-;;/m1../s1. The molecule has 0 saturated carbocycles. The molecule has 1 fully saturated rings. The van der Waals surface area contributed by atoms with Crippen LogP contribution in [0.1, 0.15) is 31.4 Å². The quantitative estimate of drug-likeness (QED) is 0.886. The van der Waals surface area contributed by atoms with Gasteiger partial charge in [0.15, 0.2) is 0 Å². The molecule has 116 valence electrons. The lowest BCUT2D eigenvalue weighted by Crippen LogP contribution is -2.45. The molecule has 0 spiro atoms. The first-order chi connectivity index (χ1) is 8.74. The molecule has 1 atom stereocenters. The molecule has 0 amide bonds. The lowest BCUT2D eigenvalue weighted by Gasteiger charge is -2.35. The molecule has 1 N–H and O–H groups in total. The summed E-state index contributed by atoms with van der Waals surface area (Å²) in [5.41, 5.74) is 0.669. The summed E-state index contributed by atoms with van der Waals surface area (Å²) in [6.45, 7) is 5.97. The molecule has 0 aromatic heterocycles. The summed E-state index contributed by atoms with van der Waals surface area (Å²) in [5.74, 6) is -0.181. The van der Waals surface area contributed by atoms with Crippen LogP contribution in [0.3, 0.4) is 0 Å². The predicted octanol–water partition coefficient (Wildman–Crippen LogP) is 4.07. The van der Waals surface area contributed by atoms with Crippen LogP contribution in [0.5, 0.6) is 0 Å². The molecule has 2 rings (SSSR count). The molecule has 6 heteroatoms. The number of nitrogens with zero attached hydrogens (tertiary/aromatic N) is 1. The zero-order valence-corrected chi connectivity index (χ0v) is 14.0. The third-order valence-electron chi connectivity index (χ3n) is 3.49. The van der Waals surface area contributed by atoms with Crippen LogP contribution in [0.4, 0.5) is 4.39 Å². The minimum absolute atomic E-state index is 0. The number of piperazine rings is 1. The zero-order chi connectivity index (χ0) is 13.0. The monoisotopic (exact) mass is 342 g/mol. The van der Waals surface area contributed by atoms with E-state index in [9.17, 15) is 4.39 Å². The van der Waals surface area contributed by atoms with Crippen LogP contribution in [0.25, 0.3) is 0 Å². The maximum absolute atomic E-state index is 14.1. The normalized spacial score (nSPS) is 16.9. The highest BCUT2D eigenvalue weighted by Gasteiger charge is 2.25. The first-order valence-electron chi connectivity index (χ1n) is 6.62. The van der Waals surface area contributed by atoms with Gasteiger partial charge in [-0.2, -0.15) is 0 Å². The smallest absolute Gasteiger partial charge is 0.129 e. The van der Waals surface area contributed by atoms with Crippen molar-refractivity contribution in [2.75, 3.05) is 26.2 Å². The first kappa shape index (κ1) is 19.9. The lowest BCUT2D eigenvalue weighted by molar-refractivity contribution is 0.161. The molecule has 0 radical (unpaired) electrons. The summed E-state index contributed by atoms with van der Waals surface area (Å²) >= 11 is 6.20. The van der Waals surface area contributed by atoms with Gasteiger partial charge in [-0.3, -0.25) is 4.90 Å². The molecular formula is C14H22Cl3FN2. The molecule has 1 aromatic rings. The number of halogens is 4. The summed E-state index contributed by atoms with van der Waals surface area (Å²) in [7, 11) is 0. The van der Waals surface area contributed by atoms with E-state index >= 15 is 0 Å². The number of nitrogens with one attached hydrogen (secondary N) is 1. The Balaban J connectivity index is 0.00000180. The van der Waals surface area contributed by atoms with Gasteiger partial charge in [-0.1, -0.05) is 31.0 Å². The zero-order valence-electron chi connectivity index (χ0n) is 11.6. The van der Waals surface area contributed by atoms with Crippen molar-refractivity contribution in [1.29, 1.82) is 0 Å². The van der Waals surface area contributed by atoms with Gasteiger partial charge < -0.3 is 5.32 Å². The van der Waals surface area contributed by atoms with Crippen LogP contribution in [0.15, 0.2) is 18.2 Å². The van der Waals surface area contributed by atoms with Crippen molar-refractivity contribution >= 4 is 36.4 Å². The summed E-state index contributed by atoms with van der Waals surface area (Å²) in [4.78, 5) is 2.34. The molecule has 0 unspecified atom stereocenters. The van der Waals surface area contributed by atoms with Gasteiger partial charge in [0.25, 0.3) is 0 Å². The topological polar surface area (TPSA) is 15.3 Å². The van der Waals surface area contributed by atoms with Crippen molar-refractivity contribution in [2.45, 2.75) is 25.8 Å². The van der Waals surface area contributed by atoms with Crippen LogP contribution in [0, 0.1) is 5.82 Å². The molecule has 0 bridgehead atoms. The van der Waals surface area contributed by atoms with E-state index < -0.39 is 0 Å². The van der Waals surface area contributed by atoms with E-state index in [0.717, 1.165) is 39.0 Å². The predicted molar refractivity (Wildman–Crippen MR) is 88.0 cm³/mol. The SMILES string of the molecule is CCC[C@H](c1c(F)cccc1Cl)N1CCNCC1.Cl.Cl. The van der Waals surface area contributed by atoms with Gasteiger partial charge in [0.05, 0.1) is 0 Å². The van der Waals surface area contributed by atoms with E-state index in [2.05, 4.69) is 17.1 Å². The van der Waals surface area contributed by atoms with E-state index in [0.29, 0.717) is 10.6 Å². The van der Waals surface area contributed by atoms with Crippen LogP contribution >= 0.6 is 36.4 Å². The van der Waals surface area contributed by atoms with Gasteiger partial charge >= 0.3 is 0 Å². The summed E-state index contributed by atoms with van der Waals surface area (Å²) < 4.78 is 14.1. The highest BCUT2D eigenvalue weighted by atomic mass is 35.5. The molecule has 1 aromatic carbocycles. The van der Waals surface area contributed by atoms with Crippen molar-refractivity contribution < 1.29 is 4.39 Å². The average molecular weight is 344 g/mol. The van der Waals surface area contributed by atoms with Gasteiger partial charge in [-0.25, -0.2) is 4.39 Å². The maximum Gasteiger partial charge on any atom is 0.129 e. The molecule has 20 heavy (non-hydrogen) atoms. The second-order valence-electron chi connectivity index (χ2n) is 4.73. The number of hydrogen-bond donors (Lipinski definition) is 1. The molecule has 1 heterocycles. The molecule has 1 aliphatic rings. The summed E-state index contributed by atoms with van der Waals surface area (Å²) in [6.07, 6.45) is 1.97. The molecule has 1 saturated heterocycles. The maximum atomic E-state index is 14.1. The third-order valence-corrected chi connectivity index (χ3v) is 3.82. The molecular weight excluding hydrogens is 322 g/mol. The summed E-state index contributed by atoms with van der Waals surface area (Å²) in [5, 5.41) is 3.87. The van der Waals surface area contributed by atoms with E-state index in [-0.39, 0.29) is 36.7 Å². The van der Waals surface area contributed by atoms with Crippen molar-refractivity contribution in [1.82, 2.24) is 10.2 Å². The Kier molecular flexibility index (Phi) is 9.77. The molecule has 0 aliphatic carbocycles. The second kappa shape index (κ2) is 9.80. The van der Waals surface area contributed by atoms with Gasteiger partial charge in [0, 0.05) is 42.8 Å². The highest BCUT2D eigenvalue weighted by molar-refractivity contribution is 6.31. The van der Waals surface area contributed by atoms with Crippen molar-refractivity contribution in [2.24, 2.45) is 0 Å². The Morgan fingerprint density at radius 1 is 1.30 bits per heavy atom. The Labute approximate surface area is 137 Å². The number of rotatable bonds is 4. The fraction of sp³-hybridized carbons (Fsp3) is 0.571. The van der Waals surface area contributed by atoms with E-state index in [1.54, 1.807) is 12.1 Å². The minimum atomic E-state index is -0.181. The Bertz CT molecular complexity index is 378. The second-order valence-corrected chi connectivity index (χ2v) is 5.13. The Morgan fingerprint density at radius 2 is 1.95 bits per heavy atom. The molecule has 2 nitrogen and oxygen atoms in total. The summed E-state index contributed by atoms with van der Waals surface area (Å²) in [6, 6.07) is 5.06. The van der Waals surface area contributed by atoms with Crippen molar-refractivity contribution in [3.63, 3.8) is 0 Å². The van der Waals surface area contributed by atoms with Crippen LogP contribution in [-0.4, -0.2) is 31.1 Å². The first-order valence-corrected chi connectivity index (χ1v) is 7.00. The average Bonchev–Trinajstić information content (AvgIpc) is 2.38. The molecule has 1 aliphatic heterocycles. The fourth-order valence-electron chi connectivity index (χ4n) is 2.61. The fourth-order valence-corrected chi connectivity index (χ4v) is 2.89. The van der Waals surface area contributed by atoms with Crippen molar-refractivity contribution in [3.8, 4) is 0 Å². The number of hydrogen-bond acceptors (Lipinski definition) is 2. The highest BCUT2D eigenvalue weighted by Crippen LogP contribution is 2.33. The van der Waals surface area contributed by atoms with Crippen LogP contribution in [0.2, 0.25) is 5.02 Å². The van der Waals surface area contributed by atoms with Gasteiger partial charge in [-0.15, -0.1) is 24.8 Å². The lowest BCUT2D eigenvalue weighted by atomic mass is 9.99. The Hall–Kier alpha value is -0.0600.